The quantitative estimate of drug-likeness (QED) is 0.734. The van der Waals surface area contributed by atoms with Crippen LogP contribution in [0.15, 0.2) is 25.0 Å². The lowest BCUT2D eigenvalue weighted by Crippen LogP contribution is -2.42. The highest BCUT2D eigenvalue weighted by Crippen LogP contribution is 2.19. The van der Waals surface area contributed by atoms with Crippen LogP contribution < -0.4 is 4.74 Å². The minimum Gasteiger partial charge on any atom is -0.481 e. The molecule has 0 unspecified atom stereocenters. The van der Waals surface area contributed by atoms with Gasteiger partial charge in [0.2, 0.25) is 0 Å². The first-order chi connectivity index (χ1) is 11.1. The van der Waals surface area contributed by atoms with Crippen LogP contribution in [-0.4, -0.2) is 51.7 Å². The highest BCUT2D eigenvalue weighted by molar-refractivity contribution is 6.30. The van der Waals surface area contributed by atoms with Crippen molar-refractivity contribution < 1.29 is 14.6 Å². The predicted molar refractivity (Wildman–Crippen MR) is 87.7 cm³/mol. The van der Waals surface area contributed by atoms with Crippen LogP contribution in [0.2, 0.25) is 5.02 Å². The van der Waals surface area contributed by atoms with Gasteiger partial charge in [0.25, 0.3) is 0 Å². The predicted octanol–water partition coefficient (Wildman–Crippen LogP) is 2.64. The number of hydrogen-bond donors (Lipinski definition) is 1. The Morgan fingerprint density at radius 2 is 2.13 bits per heavy atom. The lowest BCUT2D eigenvalue weighted by Gasteiger charge is -2.32. The van der Waals surface area contributed by atoms with E-state index in [0.717, 1.165) is 32.5 Å². The number of aromatic nitrogens is 2. The summed E-state index contributed by atoms with van der Waals surface area (Å²) in [6.07, 6.45) is 7.82. The first-order valence-corrected chi connectivity index (χ1v) is 8.16. The van der Waals surface area contributed by atoms with Crippen molar-refractivity contribution in [1.29, 1.82) is 0 Å². The highest BCUT2D eigenvalue weighted by atomic mass is 35.5. The van der Waals surface area contributed by atoms with Crippen LogP contribution in [0.3, 0.4) is 0 Å². The van der Waals surface area contributed by atoms with E-state index in [4.69, 9.17) is 21.4 Å². The Hall–Kier alpha value is -1.66. The lowest BCUT2D eigenvalue weighted by atomic mass is 9.97. The Labute approximate surface area is 141 Å². The molecule has 6 nitrogen and oxygen atoms in total. The first kappa shape index (κ1) is 17.7. The van der Waals surface area contributed by atoms with Gasteiger partial charge in [-0.3, -0.25) is 9.69 Å². The van der Waals surface area contributed by atoms with Gasteiger partial charge >= 0.3 is 12.0 Å². The lowest BCUT2D eigenvalue weighted by molar-refractivity contribution is -0.143. The largest absolute Gasteiger partial charge is 0.481 e. The third-order valence-electron chi connectivity index (χ3n) is 3.96. The van der Waals surface area contributed by atoms with Crippen LogP contribution in [0.1, 0.15) is 25.7 Å². The second-order valence-corrected chi connectivity index (χ2v) is 6.14. The molecule has 0 saturated carbocycles. The molecule has 1 N–H and O–H groups in total. The number of carbonyl (C=O) groups is 1. The van der Waals surface area contributed by atoms with E-state index in [1.165, 1.54) is 12.4 Å². The average Bonchev–Trinajstić information content (AvgIpc) is 2.55. The van der Waals surface area contributed by atoms with Crippen LogP contribution in [0.5, 0.6) is 6.01 Å². The maximum Gasteiger partial charge on any atom is 0.316 e. The van der Waals surface area contributed by atoms with Gasteiger partial charge in [-0.2, -0.15) is 0 Å². The fourth-order valence-electron chi connectivity index (χ4n) is 2.65. The average molecular weight is 340 g/mol. The summed E-state index contributed by atoms with van der Waals surface area (Å²) in [7, 11) is 0. The Morgan fingerprint density at radius 3 is 2.70 bits per heavy atom. The number of ether oxygens (including phenoxy) is 1. The summed E-state index contributed by atoms with van der Waals surface area (Å²) in [6.45, 7) is 6.01. The molecule has 1 aromatic heterocycles. The van der Waals surface area contributed by atoms with E-state index in [2.05, 4.69) is 21.4 Å². The fraction of sp³-hybridized carbons (Fsp3) is 0.562. The van der Waals surface area contributed by atoms with Crippen LogP contribution in [0.4, 0.5) is 0 Å². The number of aliphatic carboxylic acids is 1. The van der Waals surface area contributed by atoms with Crippen molar-refractivity contribution in [1.82, 2.24) is 14.9 Å². The van der Waals surface area contributed by atoms with Crippen molar-refractivity contribution in [3.8, 4) is 6.01 Å². The number of nitrogens with zero attached hydrogens (tertiary/aromatic N) is 3. The van der Waals surface area contributed by atoms with Crippen molar-refractivity contribution in [2.24, 2.45) is 5.92 Å². The van der Waals surface area contributed by atoms with Crippen molar-refractivity contribution in [3.63, 3.8) is 0 Å². The van der Waals surface area contributed by atoms with Gasteiger partial charge in [-0.25, -0.2) is 9.97 Å². The zero-order chi connectivity index (χ0) is 16.7. The summed E-state index contributed by atoms with van der Waals surface area (Å²) < 4.78 is 5.86. The normalized spacial score (nSPS) is 17.6. The molecule has 7 heteroatoms. The molecule has 0 bridgehead atoms. The summed E-state index contributed by atoms with van der Waals surface area (Å²) in [6, 6.07) is 0.309. The molecule has 1 fully saturated rings. The van der Waals surface area contributed by atoms with Gasteiger partial charge in [0.05, 0.1) is 23.3 Å². The smallest absolute Gasteiger partial charge is 0.316 e. The topological polar surface area (TPSA) is 75.6 Å². The molecule has 1 aliphatic rings. The Morgan fingerprint density at radius 1 is 1.48 bits per heavy atom. The summed E-state index contributed by atoms with van der Waals surface area (Å²) in [4.78, 5) is 21.4. The Kier molecular flexibility index (Phi) is 6.80. The maximum atomic E-state index is 11.0. The zero-order valence-electron chi connectivity index (χ0n) is 13.0. The van der Waals surface area contributed by atoms with E-state index in [0.29, 0.717) is 23.9 Å². The molecule has 1 saturated heterocycles. The SMILES string of the molecule is C=CCC[C@@H](CN1CCC(C(=O)O)CC1)Oc1ncc(Cl)cn1. The van der Waals surface area contributed by atoms with Crippen LogP contribution in [0.25, 0.3) is 0 Å². The minimum atomic E-state index is -0.696. The Bertz CT molecular complexity index is 516. The van der Waals surface area contributed by atoms with Gasteiger partial charge in [-0.15, -0.1) is 6.58 Å². The second-order valence-electron chi connectivity index (χ2n) is 5.70. The standard InChI is InChI=1S/C16H22ClN3O3/c1-2-3-4-14(23-16-18-9-13(17)10-19-16)11-20-7-5-12(6-8-20)15(21)22/h2,9-10,12,14H,1,3-8,11H2,(H,21,22)/t14-/m0/s1. The summed E-state index contributed by atoms with van der Waals surface area (Å²) in [5, 5.41) is 9.53. The fourth-order valence-corrected chi connectivity index (χ4v) is 2.75. The first-order valence-electron chi connectivity index (χ1n) is 7.78. The van der Waals surface area contributed by atoms with E-state index in [9.17, 15) is 4.79 Å². The number of hydrogen-bond acceptors (Lipinski definition) is 5. The van der Waals surface area contributed by atoms with Crippen molar-refractivity contribution in [2.75, 3.05) is 19.6 Å². The monoisotopic (exact) mass is 339 g/mol. The second kappa shape index (κ2) is 8.84. The third-order valence-corrected chi connectivity index (χ3v) is 4.16. The van der Waals surface area contributed by atoms with E-state index in [1.807, 2.05) is 6.08 Å². The van der Waals surface area contributed by atoms with Gasteiger partial charge in [0.15, 0.2) is 0 Å². The molecule has 2 rings (SSSR count). The molecule has 126 valence electrons. The van der Waals surface area contributed by atoms with Gasteiger partial charge in [-0.05, 0) is 38.8 Å². The van der Waals surface area contributed by atoms with Crippen LogP contribution >= 0.6 is 11.6 Å². The van der Waals surface area contributed by atoms with Gasteiger partial charge < -0.3 is 9.84 Å². The van der Waals surface area contributed by atoms with E-state index < -0.39 is 5.97 Å². The molecule has 1 aromatic rings. The van der Waals surface area contributed by atoms with Crippen molar-refractivity contribution in [3.05, 3.63) is 30.1 Å². The molecule has 1 atom stereocenters. The number of halogens is 1. The number of allylic oxidation sites excluding steroid dienone is 1. The summed E-state index contributed by atoms with van der Waals surface area (Å²) >= 11 is 5.78. The molecular weight excluding hydrogens is 318 g/mol. The molecular formula is C16H22ClN3O3. The van der Waals surface area contributed by atoms with E-state index >= 15 is 0 Å². The maximum absolute atomic E-state index is 11.0. The molecule has 0 radical (unpaired) electrons. The van der Waals surface area contributed by atoms with Gasteiger partial charge in [-0.1, -0.05) is 17.7 Å². The molecule has 0 aromatic carbocycles. The molecule has 1 aliphatic heterocycles. The zero-order valence-corrected chi connectivity index (χ0v) is 13.8. The summed E-state index contributed by atoms with van der Waals surface area (Å²) in [5.41, 5.74) is 0. The van der Waals surface area contributed by atoms with Gasteiger partial charge in [0, 0.05) is 6.54 Å². The van der Waals surface area contributed by atoms with Crippen LogP contribution in [-0.2, 0) is 4.79 Å². The number of carboxylic acids is 1. The Balaban J connectivity index is 1.89. The molecule has 0 amide bonds. The molecule has 0 spiro atoms. The third kappa shape index (κ3) is 5.80. The molecule has 2 heterocycles. The van der Waals surface area contributed by atoms with Gasteiger partial charge in [0.1, 0.15) is 6.10 Å². The number of piperidine rings is 1. The molecule has 23 heavy (non-hydrogen) atoms. The van der Waals surface area contributed by atoms with E-state index in [-0.39, 0.29) is 12.0 Å². The van der Waals surface area contributed by atoms with Crippen LogP contribution in [0, 0.1) is 5.92 Å². The van der Waals surface area contributed by atoms with Crippen molar-refractivity contribution >= 4 is 17.6 Å². The number of rotatable bonds is 8. The number of likely N-dealkylation sites (tertiary alicyclic amines) is 1. The van der Waals surface area contributed by atoms with E-state index in [1.54, 1.807) is 0 Å². The highest BCUT2D eigenvalue weighted by Gasteiger charge is 2.26. The summed E-state index contributed by atoms with van der Waals surface area (Å²) in [5.74, 6) is -0.919. The molecule has 0 aliphatic carbocycles. The number of carboxylic acid groups (broad SMARTS) is 1. The van der Waals surface area contributed by atoms with Crippen molar-refractivity contribution in [2.45, 2.75) is 31.8 Å². The minimum absolute atomic E-state index is 0.0597.